The number of carbonyl (C=O) groups is 6. The summed E-state index contributed by atoms with van der Waals surface area (Å²) in [5.74, 6) is -1.92. The molecule has 0 aromatic carbocycles. The molecule has 1 rings (SSSR count). The predicted octanol–water partition coefficient (Wildman–Crippen LogP) is -1.45. The molecule has 0 bridgehead atoms. The van der Waals surface area contributed by atoms with E-state index in [-0.39, 0.29) is 83.0 Å². The first-order valence-corrected chi connectivity index (χ1v) is 16.7. The van der Waals surface area contributed by atoms with Crippen molar-refractivity contribution in [1.29, 1.82) is 0 Å². The van der Waals surface area contributed by atoms with Crippen LogP contribution in [-0.4, -0.2) is 177 Å². The van der Waals surface area contributed by atoms with Crippen LogP contribution in [0.4, 0.5) is 0 Å². The molecule has 0 aromatic rings. The van der Waals surface area contributed by atoms with Gasteiger partial charge >= 0.3 is 11.9 Å². The minimum absolute atomic E-state index is 0.0719. The third kappa shape index (κ3) is 22.9. The van der Waals surface area contributed by atoms with Gasteiger partial charge in [0.15, 0.2) is 0 Å². The van der Waals surface area contributed by atoms with Gasteiger partial charge in [-0.25, -0.2) is 0 Å². The summed E-state index contributed by atoms with van der Waals surface area (Å²) in [6, 6.07) is 0. The standard InChI is InChI=1S/C31H57N7O9/c1-3-26(2)5-4-8-32-27(40)6-7-28(41)33-9-21-47-22-10-34-29(42)23-36-13-11-35(19-20-39)12-14-37(24-30(43)44)17-18-38(16-15-36)25-31(45)46/h20,26H,3-19,21-25H2,1-2H3,(H,32,40)(H,33,41)(H,34,42)(H,43,44)(H,45,46). The molecule has 1 heterocycles. The molecule has 1 fully saturated rings. The molecule has 1 saturated heterocycles. The number of carboxylic acid groups (broad SMARTS) is 2. The van der Waals surface area contributed by atoms with E-state index < -0.39 is 11.9 Å². The summed E-state index contributed by atoms with van der Waals surface area (Å²) in [5.41, 5.74) is 0. The molecule has 0 aliphatic carbocycles. The largest absolute Gasteiger partial charge is 0.480 e. The van der Waals surface area contributed by atoms with Crippen molar-refractivity contribution in [1.82, 2.24) is 35.6 Å². The van der Waals surface area contributed by atoms with E-state index in [9.17, 15) is 39.0 Å². The fourth-order valence-electron chi connectivity index (χ4n) is 4.90. The molecule has 1 atom stereocenters. The highest BCUT2D eigenvalue weighted by atomic mass is 16.5. The van der Waals surface area contributed by atoms with Crippen LogP contribution in [0, 0.1) is 5.92 Å². The second-order valence-electron chi connectivity index (χ2n) is 11.9. The summed E-state index contributed by atoms with van der Waals surface area (Å²) >= 11 is 0. The zero-order valence-electron chi connectivity index (χ0n) is 28.3. The highest BCUT2D eigenvalue weighted by molar-refractivity contribution is 5.83. The maximum atomic E-state index is 12.7. The Morgan fingerprint density at radius 2 is 1.11 bits per heavy atom. The summed E-state index contributed by atoms with van der Waals surface area (Å²) in [6.07, 6.45) is 4.14. The lowest BCUT2D eigenvalue weighted by molar-refractivity contribution is -0.140. The number of nitrogens with one attached hydrogen (secondary N) is 3. The highest BCUT2D eigenvalue weighted by Crippen LogP contribution is 2.08. The molecule has 5 N–H and O–H groups in total. The fourth-order valence-corrected chi connectivity index (χ4v) is 4.90. The van der Waals surface area contributed by atoms with Crippen molar-refractivity contribution >= 4 is 35.9 Å². The van der Waals surface area contributed by atoms with Crippen molar-refractivity contribution < 1.29 is 43.7 Å². The molecule has 1 unspecified atom stereocenters. The Morgan fingerprint density at radius 1 is 0.681 bits per heavy atom. The summed E-state index contributed by atoms with van der Waals surface area (Å²) in [7, 11) is 0. The van der Waals surface area contributed by atoms with Gasteiger partial charge in [-0.2, -0.15) is 0 Å². The first-order chi connectivity index (χ1) is 22.5. The molecule has 16 heteroatoms. The molecule has 0 aromatic heterocycles. The summed E-state index contributed by atoms with van der Waals surface area (Å²) < 4.78 is 5.50. The number of aldehydes is 1. The van der Waals surface area contributed by atoms with Crippen LogP contribution in [0.25, 0.3) is 0 Å². The quantitative estimate of drug-likeness (QED) is 0.0662. The van der Waals surface area contributed by atoms with Crippen molar-refractivity contribution in [2.45, 2.75) is 46.0 Å². The van der Waals surface area contributed by atoms with E-state index in [0.717, 1.165) is 25.5 Å². The van der Waals surface area contributed by atoms with Crippen LogP contribution in [0.2, 0.25) is 0 Å². The van der Waals surface area contributed by atoms with Crippen molar-refractivity contribution in [3.63, 3.8) is 0 Å². The lowest BCUT2D eigenvalue weighted by Crippen LogP contribution is -2.49. The predicted molar refractivity (Wildman–Crippen MR) is 175 cm³/mol. The van der Waals surface area contributed by atoms with Crippen LogP contribution in [-0.2, 0) is 33.5 Å². The first kappa shape index (κ1) is 41.8. The third-order valence-electron chi connectivity index (χ3n) is 7.96. The van der Waals surface area contributed by atoms with E-state index in [1.54, 1.807) is 9.80 Å². The molecule has 47 heavy (non-hydrogen) atoms. The maximum absolute atomic E-state index is 12.7. The molecule has 3 amide bonds. The number of ether oxygens (including phenoxy) is 1. The molecule has 0 saturated carbocycles. The van der Waals surface area contributed by atoms with Gasteiger partial charge in [-0.15, -0.1) is 0 Å². The average Bonchev–Trinajstić information content (AvgIpc) is 3.02. The molecule has 1 aliphatic rings. The van der Waals surface area contributed by atoms with Crippen LogP contribution < -0.4 is 16.0 Å². The number of hydrogen-bond donors (Lipinski definition) is 5. The average molecular weight is 672 g/mol. The van der Waals surface area contributed by atoms with Gasteiger partial charge in [0.1, 0.15) is 6.29 Å². The Balaban J connectivity index is 2.39. The maximum Gasteiger partial charge on any atom is 0.317 e. The van der Waals surface area contributed by atoms with Crippen LogP contribution in [0.3, 0.4) is 0 Å². The molecule has 270 valence electrons. The number of amides is 3. The van der Waals surface area contributed by atoms with Crippen LogP contribution in [0.1, 0.15) is 46.0 Å². The smallest absolute Gasteiger partial charge is 0.317 e. The highest BCUT2D eigenvalue weighted by Gasteiger charge is 2.20. The lowest BCUT2D eigenvalue weighted by atomic mass is 10.0. The van der Waals surface area contributed by atoms with E-state index in [1.165, 1.54) is 0 Å². The van der Waals surface area contributed by atoms with Gasteiger partial charge in [0, 0.05) is 84.8 Å². The van der Waals surface area contributed by atoms with Crippen LogP contribution in [0.5, 0.6) is 0 Å². The van der Waals surface area contributed by atoms with Gasteiger partial charge in [0.25, 0.3) is 0 Å². The summed E-state index contributed by atoms with van der Waals surface area (Å²) in [5, 5.41) is 27.0. The molecular formula is C31H57N7O9. The number of carboxylic acids is 2. The molecule has 0 spiro atoms. The van der Waals surface area contributed by atoms with E-state index in [4.69, 9.17) is 4.74 Å². The molecule has 0 radical (unpaired) electrons. The lowest BCUT2D eigenvalue weighted by Gasteiger charge is -2.32. The van der Waals surface area contributed by atoms with E-state index in [0.29, 0.717) is 64.8 Å². The number of nitrogens with zero attached hydrogens (tertiary/aromatic N) is 4. The minimum Gasteiger partial charge on any atom is -0.480 e. The van der Waals surface area contributed by atoms with Gasteiger partial charge in [0.2, 0.25) is 17.7 Å². The van der Waals surface area contributed by atoms with Gasteiger partial charge < -0.3 is 35.7 Å². The Hall–Kier alpha value is -3.18. The third-order valence-corrected chi connectivity index (χ3v) is 7.96. The van der Waals surface area contributed by atoms with Crippen molar-refractivity contribution in [2.75, 3.05) is 111 Å². The Kier molecular flexibility index (Phi) is 23.0. The topological polar surface area (TPSA) is 201 Å². The van der Waals surface area contributed by atoms with Gasteiger partial charge in [-0.05, 0) is 18.8 Å². The zero-order chi connectivity index (χ0) is 34.9. The van der Waals surface area contributed by atoms with E-state index in [2.05, 4.69) is 29.8 Å². The van der Waals surface area contributed by atoms with Gasteiger partial charge in [-0.1, -0.05) is 20.3 Å². The minimum atomic E-state index is -0.992. The van der Waals surface area contributed by atoms with E-state index >= 15 is 0 Å². The van der Waals surface area contributed by atoms with Crippen molar-refractivity contribution in [3.8, 4) is 0 Å². The Bertz CT molecular complexity index is 956. The first-order valence-electron chi connectivity index (χ1n) is 16.7. The van der Waals surface area contributed by atoms with Gasteiger partial charge in [-0.3, -0.25) is 43.6 Å². The molecule has 1 aliphatic heterocycles. The number of hydrogen-bond acceptors (Lipinski definition) is 11. The van der Waals surface area contributed by atoms with Gasteiger partial charge in [0.05, 0.1) is 39.4 Å². The zero-order valence-corrected chi connectivity index (χ0v) is 28.3. The SMILES string of the molecule is CCC(C)CCCNC(=O)CCC(=O)NCCOCCNC(=O)CN1CCN(CC=O)CCN(CC(=O)O)CCN(CC(=O)O)CC1. The second kappa shape index (κ2) is 25.9. The van der Waals surface area contributed by atoms with Crippen LogP contribution >= 0.6 is 0 Å². The number of rotatable bonds is 22. The molecule has 16 nitrogen and oxygen atoms in total. The van der Waals surface area contributed by atoms with Crippen molar-refractivity contribution in [3.05, 3.63) is 0 Å². The summed E-state index contributed by atoms with van der Waals surface area (Å²) in [6.45, 7) is 9.13. The van der Waals surface area contributed by atoms with Crippen molar-refractivity contribution in [2.24, 2.45) is 5.92 Å². The normalized spacial score (nSPS) is 16.7. The molecular weight excluding hydrogens is 614 g/mol. The number of aliphatic carboxylic acids is 2. The summed E-state index contributed by atoms with van der Waals surface area (Å²) in [4.78, 5) is 77.8. The second-order valence-corrected chi connectivity index (χ2v) is 11.9. The fraction of sp³-hybridized carbons (Fsp3) is 0.806. The van der Waals surface area contributed by atoms with E-state index in [1.807, 2.05) is 9.80 Å². The Morgan fingerprint density at radius 3 is 1.55 bits per heavy atom. The Labute approximate surface area is 278 Å². The number of carbonyl (C=O) groups excluding carboxylic acids is 4. The monoisotopic (exact) mass is 671 g/mol. The van der Waals surface area contributed by atoms with Crippen LogP contribution in [0.15, 0.2) is 0 Å².